The second kappa shape index (κ2) is 4.29. The Morgan fingerprint density at radius 2 is 2.57 bits per heavy atom. The van der Waals surface area contributed by atoms with Crippen molar-refractivity contribution < 1.29 is 9.53 Å². The maximum absolute atomic E-state index is 10.3. The van der Waals surface area contributed by atoms with E-state index in [1.54, 1.807) is 0 Å². The molecule has 0 bridgehead atoms. The SMILES string of the molecule is O=COC(Cc1n[nH]cc1I)C1CC1. The number of carbonyl (C=O) groups is 1. The van der Waals surface area contributed by atoms with Gasteiger partial charge in [-0.25, -0.2) is 0 Å². The van der Waals surface area contributed by atoms with Crippen molar-refractivity contribution in [2.45, 2.75) is 25.4 Å². The van der Waals surface area contributed by atoms with Crippen molar-refractivity contribution in [2.24, 2.45) is 5.92 Å². The molecule has 1 aromatic rings. The van der Waals surface area contributed by atoms with Gasteiger partial charge in [-0.15, -0.1) is 0 Å². The Morgan fingerprint density at radius 1 is 1.79 bits per heavy atom. The lowest BCUT2D eigenvalue weighted by Gasteiger charge is -2.12. The van der Waals surface area contributed by atoms with Crippen LogP contribution in [0.15, 0.2) is 6.20 Å². The molecule has 0 spiro atoms. The first-order valence-electron chi connectivity index (χ1n) is 4.58. The Morgan fingerprint density at radius 3 is 3.07 bits per heavy atom. The molecule has 1 aliphatic rings. The van der Waals surface area contributed by atoms with Gasteiger partial charge in [0.05, 0.1) is 9.26 Å². The number of ether oxygens (including phenoxy) is 1. The van der Waals surface area contributed by atoms with Crippen molar-refractivity contribution in [3.05, 3.63) is 15.5 Å². The summed E-state index contributed by atoms with van der Waals surface area (Å²) in [6.45, 7) is 0.544. The van der Waals surface area contributed by atoms with Crippen molar-refractivity contribution in [3.8, 4) is 0 Å². The molecule has 0 aliphatic heterocycles. The molecule has 0 radical (unpaired) electrons. The van der Waals surface area contributed by atoms with Crippen LogP contribution in [0.3, 0.4) is 0 Å². The molecule has 1 unspecified atom stereocenters. The van der Waals surface area contributed by atoms with E-state index in [9.17, 15) is 4.79 Å². The lowest BCUT2D eigenvalue weighted by molar-refractivity contribution is -0.134. The molecule has 0 aromatic carbocycles. The molecule has 1 saturated carbocycles. The predicted molar refractivity (Wildman–Crippen MR) is 58.7 cm³/mol. The van der Waals surface area contributed by atoms with Gasteiger partial charge < -0.3 is 4.74 Å². The Labute approximate surface area is 95.5 Å². The van der Waals surface area contributed by atoms with E-state index in [1.165, 1.54) is 12.8 Å². The summed E-state index contributed by atoms with van der Waals surface area (Å²) in [7, 11) is 0. The van der Waals surface area contributed by atoms with Crippen molar-refractivity contribution in [1.29, 1.82) is 0 Å². The fourth-order valence-electron chi connectivity index (χ4n) is 1.50. The number of hydrogen-bond acceptors (Lipinski definition) is 3. The van der Waals surface area contributed by atoms with E-state index in [0.717, 1.165) is 15.7 Å². The topological polar surface area (TPSA) is 55.0 Å². The molecule has 1 aromatic heterocycles. The van der Waals surface area contributed by atoms with Gasteiger partial charge in [0.15, 0.2) is 0 Å². The maximum Gasteiger partial charge on any atom is 0.293 e. The number of nitrogens with zero attached hydrogens (tertiary/aromatic N) is 1. The molecule has 1 fully saturated rings. The number of carbonyl (C=O) groups excluding carboxylic acids is 1. The van der Waals surface area contributed by atoms with E-state index in [4.69, 9.17) is 4.74 Å². The highest BCUT2D eigenvalue weighted by molar-refractivity contribution is 14.1. The van der Waals surface area contributed by atoms with Crippen LogP contribution in [-0.4, -0.2) is 22.8 Å². The summed E-state index contributed by atoms with van der Waals surface area (Å²) < 4.78 is 6.16. The van der Waals surface area contributed by atoms with E-state index in [2.05, 4.69) is 32.8 Å². The van der Waals surface area contributed by atoms with Crippen LogP contribution in [0.1, 0.15) is 18.5 Å². The van der Waals surface area contributed by atoms with E-state index >= 15 is 0 Å². The summed E-state index contributed by atoms with van der Waals surface area (Å²) in [6, 6.07) is 0. The van der Waals surface area contributed by atoms with Crippen LogP contribution in [0, 0.1) is 9.49 Å². The van der Waals surface area contributed by atoms with Gasteiger partial charge in [0.25, 0.3) is 6.47 Å². The van der Waals surface area contributed by atoms with Gasteiger partial charge in [0.1, 0.15) is 6.10 Å². The Kier molecular flexibility index (Phi) is 3.05. The molecule has 2 rings (SSSR count). The minimum absolute atomic E-state index is 0.0179. The molecule has 1 atom stereocenters. The minimum Gasteiger partial charge on any atom is -0.464 e. The molecule has 1 N–H and O–H groups in total. The zero-order valence-electron chi connectivity index (χ0n) is 7.57. The summed E-state index contributed by atoms with van der Waals surface area (Å²) in [6.07, 6.45) is 4.93. The Bertz CT molecular complexity index is 322. The number of hydrogen-bond donors (Lipinski definition) is 1. The van der Waals surface area contributed by atoms with E-state index in [-0.39, 0.29) is 6.10 Å². The molecule has 1 aliphatic carbocycles. The van der Waals surface area contributed by atoms with Crippen molar-refractivity contribution in [3.63, 3.8) is 0 Å². The molecule has 0 saturated heterocycles. The fourth-order valence-corrected chi connectivity index (χ4v) is 1.98. The van der Waals surface area contributed by atoms with Gasteiger partial charge in [-0.1, -0.05) is 0 Å². The van der Waals surface area contributed by atoms with Gasteiger partial charge in [0.2, 0.25) is 0 Å². The second-order valence-electron chi connectivity index (χ2n) is 3.49. The molecule has 14 heavy (non-hydrogen) atoms. The Hall–Kier alpha value is -0.590. The highest BCUT2D eigenvalue weighted by Gasteiger charge is 2.33. The molecule has 5 heteroatoms. The molecule has 0 amide bonds. The number of aromatic amines is 1. The highest BCUT2D eigenvalue weighted by atomic mass is 127. The fraction of sp³-hybridized carbons (Fsp3) is 0.556. The lowest BCUT2D eigenvalue weighted by Crippen LogP contribution is -2.18. The third-order valence-corrected chi connectivity index (χ3v) is 3.37. The van der Waals surface area contributed by atoms with Crippen LogP contribution in [0.5, 0.6) is 0 Å². The Balaban J connectivity index is 1.99. The van der Waals surface area contributed by atoms with Gasteiger partial charge in [-0.3, -0.25) is 9.89 Å². The van der Waals surface area contributed by atoms with Crippen LogP contribution in [0.4, 0.5) is 0 Å². The lowest BCUT2D eigenvalue weighted by atomic mass is 10.1. The number of H-pyrrole nitrogens is 1. The van der Waals surface area contributed by atoms with Crippen LogP contribution in [0.25, 0.3) is 0 Å². The molecule has 1 heterocycles. The second-order valence-corrected chi connectivity index (χ2v) is 4.65. The maximum atomic E-state index is 10.3. The molecular weight excluding hydrogens is 295 g/mol. The largest absolute Gasteiger partial charge is 0.464 e. The number of aromatic nitrogens is 2. The average Bonchev–Trinajstić information content (AvgIpc) is 2.93. The predicted octanol–water partition coefficient (Wildman–Crippen LogP) is 1.51. The van der Waals surface area contributed by atoms with Crippen molar-refractivity contribution in [2.75, 3.05) is 0 Å². The van der Waals surface area contributed by atoms with Gasteiger partial charge in [0, 0.05) is 12.6 Å². The van der Waals surface area contributed by atoms with Gasteiger partial charge in [-0.2, -0.15) is 5.10 Å². The number of halogens is 1. The number of rotatable bonds is 5. The summed E-state index contributed by atoms with van der Waals surface area (Å²) in [5.41, 5.74) is 0.990. The quantitative estimate of drug-likeness (QED) is 0.663. The monoisotopic (exact) mass is 306 g/mol. The van der Waals surface area contributed by atoms with Crippen molar-refractivity contribution >= 4 is 29.1 Å². The zero-order chi connectivity index (χ0) is 9.97. The summed E-state index contributed by atoms with van der Waals surface area (Å²) in [5, 5.41) is 6.92. The first kappa shape index (κ1) is 9.95. The first-order chi connectivity index (χ1) is 6.81. The minimum atomic E-state index is 0.0179. The van der Waals surface area contributed by atoms with E-state index in [0.29, 0.717) is 12.4 Å². The summed E-state index contributed by atoms with van der Waals surface area (Å²) >= 11 is 2.22. The third-order valence-electron chi connectivity index (χ3n) is 2.44. The first-order valence-corrected chi connectivity index (χ1v) is 5.66. The highest BCUT2D eigenvalue weighted by Crippen LogP contribution is 2.35. The van der Waals surface area contributed by atoms with Gasteiger partial charge in [-0.05, 0) is 41.4 Å². The average molecular weight is 306 g/mol. The van der Waals surface area contributed by atoms with Crippen molar-refractivity contribution in [1.82, 2.24) is 10.2 Å². The third kappa shape index (κ3) is 2.26. The normalized spacial score (nSPS) is 17.8. The smallest absolute Gasteiger partial charge is 0.293 e. The molecular formula is C9H11IN2O2. The molecule has 76 valence electrons. The van der Waals surface area contributed by atoms with Crippen LogP contribution in [-0.2, 0) is 16.0 Å². The molecule has 4 nitrogen and oxygen atoms in total. The van der Waals surface area contributed by atoms with Crippen LogP contribution in [0.2, 0.25) is 0 Å². The number of nitrogens with one attached hydrogen (secondary N) is 1. The van der Waals surface area contributed by atoms with Crippen LogP contribution < -0.4 is 0 Å². The zero-order valence-corrected chi connectivity index (χ0v) is 9.73. The van der Waals surface area contributed by atoms with Crippen LogP contribution >= 0.6 is 22.6 Å². The van der Waals surface area contributed by atoms with E-state index < -0.39 is 0 Å². The van der Waals surface area contributed by atoms with E-state index in [1.807, 2.05) is 6.20 Å². The standard InChI is InChI=1S/C9H11IN2O2/c10-7-4-11-12-8(7)3-9(14-5-13)6-1-2-6/h4-6,9H,1-3H2,(H,11,12). The summed E-state index contributed by atoms with van der Waals surface area (Å²) in [4.78, 5) is 10.3. The van der Waals surface area contributed by atoms with Gasteiger partial charge >= 0.3 is 0 Å². The summed E-state index contributed by atoms with van der Waals surface area (Å²) in [5.74, 6) is 0.549.